The molecule has 2 fully saturated rings. The van der Waals surface area contributed by atoms with Crippen molar-refractivity contribution < 1.29 is 14.4 Å². The summed E-state index contributed by atoms with van der Waals surface area (Å²) in [6.45, 7) is 3.73. The van der Waals surface area contributed by atoms with Gasteiger partial charge in [0, 0.05) is 33.1 Å². The quantitative estimate of drug-likeness (QED) is 0.551. The van der Waals surface area contributed by atoms with Gasteiger partial charge in [-0.2, -0.15) is 0 Å². The standard InChI is InChI=1S/C12H20N4O3/c1-8(17)16-6-5-13-10(7-16)12(19)15-9-3-2-4-14-11(9)18/h9-10,13H,2-7H2,1H3,(H,14,18)(H,15,19). The summed E-state index contributed by atoms with van der Waals surface area (Å²) in [6.07, 6.45) is 1.54. The molecule has 106 valence electrons. The second-order valence-corrected chi connectivity index (χ2v) is 4.97. The van der Waals surface area contributed by atoms with Crippen molar-refractivity contribution >= 4 is 17.7 Å². The third-order valence-corrected chi connectivity index (χ3v) is 3.54. The van der Waals surface area contributed by atoms with Gasteiger partial charge in [-0.25, -0.2) is 0 Å². The lowest BCUT2D eigenvalue weighted by Crippen LogP contribution is -2.61. The first kappa shape index (κ1) is 13.8. The zero-order valence-electron chi connectivity index (χ0n) is 11.1. The maximum Gasteiger partial charge on any atom is 0.242 e. The molecule has 0 aromatic rings. The van der Waals surface area contributed by atoms with Crippen LogP contribution in [0.25, 0.3) is 0 Å². The zero-order valence-corrected chi connectivity index (χ0v) is 11.1. The topological polar surface area (TPSA) is 90.5 Å². The van der Waals surface area contributed by atoms with Crippen LogP contribution >= 0.6 is 0 Å². The van der Waals surface area contributed by atoms with E-state index in [2.05, 4.69) is 16.0 Å². The molecule has 3 N–H and O–H groups in total. The van der Waals surface area contributed by atoms with E-state index < -0.39 is 12.1 Å². The van der Waals surface area contributed by atoms with Crippen LogP contribution in [0.5, 0.6) is 0 Å². The Kier molecular flexibility index (Phi) is 4.36. The van der Waals surface area contributed by atoms with E-state index in [9.17, 15) is 14.4 Å². The molecular weight excluding hydrogens is 248 g/mol. The van der Waals surface area contributed by atoms with Gasteiger partial charge in [0.05, 0.1) is 0 Å². The molecule has 0 aromatic carbocycles. The largest absolute Gasteiger partial charge is 0.354 e. The molecule has 0 saturated carbocycles. The van der Waals surface area contributed by atoms with Crippen LogP contribution in [0.3, 0.4) is 0 Å². The zero-order chi connectivity index (χ0) is 13.8. The van der Waals surface area contributed by atoms with Crippen LogP contribution in [0.1, 0.15) is 19.8 Å². The molecule has 0 spiro atoms. The molecule has 2 atom stereocenters. The maximum absolute atomic E-state index is 12.1. The highest BCUT2D eigenvalue weighted by atomic mass is 16.2. The molecule has 3 amide bonds. The van der Waals surface area contributed by atoms with Gasteiger partial charge in [-0.05, 0) is 12.8 Å². The number of piperidine rings is 1. The van der Waals surface area contributed by atoms with Crippen LogP contribution in [-0.4, -0.2) is 60.9 Å². The van der Waals surface area contributed by atoms with Crippen molar-refractivity contribution in [2.24, 2.45) is 0 Å². The molecular formula is C12H20N4O3. The van der Waals surface area contributed by atoms with Gasteiger partial charge in [-0.15, -0.1) is 0 Å². The third kappa shape index (κ3) is 3.44. The molecule has 0 aromatic heterocycles. The summed E-state index contributed by atoms with van der Waals surface area (Å²) >= 11 is 0. The van der Waals surface area contributed by atoms with Gasteiger partial charge in [0.2, 0.25) is 17.7 Å². The lowest BCUT2D eigenvalue weighted by Gasteiger charge is -2.33. The summed E-state index contributed by atoms with van der Waals surface area (Å²) in [7, 11) is 0. The summed E-state index contributed by atoms with van der Waals surface area (Å²) in [4.78, 5) is 36.6. The Morgan fingerprint density at radius 3 is 2.84 bits per heavy atom. The first-order valence-corrected chi connectivity index (χ1v) is 6.65. The first-order chi connectivity index (χ1) is 9.08. The van der Waals surface area contributed by atoms with Crippen molar-refractivity contribution in [2.45, 2.75) is 31.8 Å². The van der Waals surface area contributed by atoms with Gasteiger partial charge in [0.25, 0.3) is 0 Å². The maximum atomic E-state index is 12.1. The van der Waals surface area contributed by atoms with E-state index in [0.29, 0.717) is 32.6 Å². The normalized spacial score (nSPS) is 27.6. The molecule has 0 aliphatic carbocycles. The monoisotopic (exact) mass is 268 g/mol. The number of amides is 3. The second-order valence-electron chi connectivity index (χ2n) is 4.97. The second kappa shape index (κ2) is 6.01. The van der Waals surface area contributed by atoms with Crippen LogP contribution < -0.4 is 16.0 Å². The van der Waals surface area contributed by atoms with Crippen LogP contribution in [0.2, 0.25) is 0 Å². The summed E-state index contributed by atoms with van der Waals surface area (Å²) in [5.41, 5.74) is 0. The Hall–Kier alpha value is -1.63. The van der Waals surface area contributed by atoms with E-state index in [4.69, 9.17) is 0 Å². The summed E-state index contributed by atoms with van der Waals surface area (Å²) in [6, 6.07) is -0.886. The Labute approximate surface area is 112 Å². The fourth-order valence-corrected chi connectivity index (χ4v) is 2.39. The average molecular weight is 268 g/mol. The van der Waals surface area contributed by atoms with Crippen LogP contribution in [-0.2, 0) is 14.4 Å². The molecule has 0 radical (unpaired) electrons. The van der Waals surface area contributed by atoms with Crippen molar-refractivity contribution in [3.8, 4) is 0 Å². The molecule has 0 bridgehead atoms. The summed E-state index contributed by atoms with van der Waals surface area (Å²) in [5.74, 6) is -0.374. The Balaban J connectivity index is 1.88. The van der Waals surface area contributed by atoms with Crippen molar-refractivity contribution in [3.05, 3.63) is 0 Å². The number of carbonyl (C=O) groups excluding carboxylic acids is 3. The average Bonchev–Trinajstić information content (AvgIpc) is 2.41. The molecule has 7 nitrogen and oxygen atoms in total. The van der Waals surface area contributed by atoms with Gasteiger partial charge in [0.1, 0.15) is 12.1 Å². The molecule has 2 unspecified atom stereocenters. The minimum atomic E-state index is -0.448. The number of hydrogen-bond donors (Lipinski definition) is 3. The number of hydrogen-bond acceptors (Lipinski definition) is 4. The lowest BCUT2D eigenvalue weighted by atomic mass is 10.1. The molecule has 2 aliphatic heterocycles. The Bertz CT molecular complexity index is 385. The summed E-state index contributed by atoms with van der Waals surface area (Å²) < 4.78 is 0. The highest BCUT2D eigenvalue weighted by Crippen LogP contribution is 2.05. The van der Waals surface area contributed by atoms with Gasteiger partial charge in [-0.1, -0.05) is 0 Å². The molecule has 7 heteroatoms. The number of nitrogens with one attached hydrogen (secondary N) is 3. The number of carbonyl (C=O) groups is 3. The van der Waals surface area contributed by atoms with Gasteiger partial charge in [0.15, 0.2) is 0 Å². The van der Waals surface area contributed by atoms with E-state index in [1.54, 1.807) is 4.90 Å². The van der Waals surface area contributed by atoms with Crippen molar-refractivity contribution in [2.75, 3.05) is 26.2 Å². The Morgan fingerprint density at radius 2 is 2.16 bits per heavy atom. The molecule has 2 heterocycles. The van der Waals surface area contributed by atoms with E-state index >= 15 is 0 Å². The van der Waals surface area contributed by atoms with Crippen molar-refractivity contribution in [3.63, 3.8) is 0 Å². The summed E-state index contributed by atoms with van der Waals surface area (Å²) in [5, 5.41) is 8.55. The predicted octanol–water partition coefficient (Wildman–Crippen LogP) is -1.80. The van der Waals surface area contributed by atoms with Crippen LogP contribution in [0.15, 0.2) is 0 Å². The molecule has 2 saturated heterocycles. The number of rotatable bonds is 2. The van der Waals surface area contributed by atoms with Gasteiger partial charge >= 0.3 is 0 Å². The van der Waals surface area contributed by atoms with Crippen molar-refractivity contribution in [1.29, 1.82) is 0 Å². The highest BCUT2D eigenvalue weighted by molar-refractivity contribution is 5.90. The molecule has 19 heavy (non-hydrogen) atoms. The van der Waals surface area contributed by atoms with Gasteiger partial charge < -0.3 is 20.9 Å². The van der Waals surface area contributed by atoms with Crippen molar-refractivity contribution in [1.82, 2.24) is 20.9 Å². The minimum Gasteiger partial charge on any atom is -0.354 e. The Morgan fingerprint density at radius 1 is 1.37 bits per heavy atom. The molecule has 2 rings (SSSR count). The van der Waals surface area contributed by atoms with E-state index in [-0.39, 0.29) is 17.7 Å². The van der Waals surface area contributed by atoms with Crippen LogP contribution in [0.4, 0.5) is 0 Å². The highest BCUT2D eigenvalue weighted by Gasteiger charge is 2.30. The van der Waals surface area contributed by atoms with E-state index in [1.165, 1.54) is 6.92 Å². The van der Waals surface area contributed by atoms with E-state index in [0.717, 1.165) is 6.42 Å². The lowest BCUT2D eigenvalue weighted by molar-refractivity contribution is -0.134. The smallest absolute Gasteiger partial charge is 0.242 e. The molecule has 2 aliphatic rings. The first-order valence-electron chi connectivity index (χ1n) is 6.65. The van der Waals surface area contributed by atoms with Crippen LogP contribution in [0, 0.1) is 0 Å². The number of nitrogens with zero attached hydrogens (tertiary/aromatic N) is 1. The van der Waals surface area contributed by atoms with E-state index in [1.807, 2.05) is 0 Å². The SMILES string of the molecule is CC(=O)N1CCNC(C(=O)NC2CCCNC2=O)C1. The third-order valence-electron chi connectivity index (χ3n) is 3.54. The minimum absolute atomic E-state index is 0.0327. The van der Waals surface area contributed by atoms with Gasteiger partial charge in [-0.3, -0.25) is 14.4 Å². The fourth-order valence-electron chi connectivity index (χ4n) is 2.39. The fraction of sp³-hybridized carbons (Fsp3) is 0.750. The predicted molar refractivity (Wildman–Crippen MR) is 68.2 cm³/mol. The number of piperazine rings is 1.